The van der Waals surface area contributed by atoms with Crippen molar-refractivity contribution in [1.82, 2.24) is 20.4 Å². The molecule has 7 heteroatoms. The van der Waals surface area contributed by atoms with E-state index in [0.29, 0.717) is 17.8 Å². The van der Waals surface area contributed by atoms with Crippen LogP contribution >= 0.6 is 0 Å². The number of amides is 3. The number of rotatable bonds is 4. The molecule has 2 aromatic rings. The van der Waals surface area contributed by atoms with Crippen molar-refractivity contribution in [3.05, 3.63) is 47.8 Å². The molecule has 3 rings (SSSR count). The van der Waals surface area contributed by atoms with Gasteiger partial charge in [-0.05, 0) is 38.8 Å². The third-order valence-electron chi connectivity index (χ3n) is 4.48. The van der Waals surface area contributed by atoms with Crippen LogP contribution in [0.5, 0.6) is 0 Å². The van der Waals surface area contributed by atoms with Crippen molar-refractivity contribution in [3.63, 3.8) is 0 Å². The fraction of sp³-hybridized carbons (Fsp3) is 0.421. The molecule has 0 bridgehead atoms. The summed E-state index contributed by atoms with van der Waals surface area (Å²) < 4.78 is 0. The molecule has 1 aliphatic heterocycles. The number of piperidine rings is 1. The van der Waals surface area contributed by atoms with Gasteiger partial charge in [-0.2, -0.15) is 5.10 Å². The average molecular weight is 355 g/mol. The minimum atomic E-state index is -0.168. The quantitative estimate of drug-likeness (QED) is 0.787. The zero-order valence-corrected chi connectivity index (χ0v) is 15.2. The second kappa shape index (κ2) is 8.03. The van der Waals surface area contributed by atoms with E-state index in [4.69, 9.17) is 0 Å². The molecule has 1 fully saturated rings. The molecule has 1 atom stereocenters. The lowest BCUT2D eigenvalue weighted by atomic mass is 9.94. The van der Waals surface area contributed by atoms with Crippen LogP contribution in [-0.2, 0) is 0 Å². The number of hydrogen-bond donors (Lipinski definition) is 3. The minimum absolute atomic E-state index is 0.0425. The van der Waals surface area contributed by atoms with Crippen LogP contribution in [0.2, 0.25) is 0 Å². The Kier molecular flexibility index (Phi) is 5.55. The lowest BCUT2D eigenvalue weighted by Crippen LogP contribution is -2.47. The lowest BCUT2D eigenvalue weighted by molar-refractivity contribution is 0.102. The summed E-state index contributed by atoms with van der Waals surface area (Å²) in [5.41, 5.74) is 2.15. The van der Waals surface area contributed by atoms with Crippen molar-refractivity contribution in [1.29, 1.82) is 0 Å². The van der Waals surface area contributed by atoms with Gasteiger partial charge >= 0.3 is 6.03 Å². The number of nitrogens with one attached hydrogen (secondary N) is 3. The molecule has 1 saturated heterocycles. The Hall–Kier alpha value is -2.83. The van der Waals surface area contributed by atoms with Gasteiger partial charge in [0.25, 0.3) is 5.91 Å². The van der Waals surface area contributed by atoms with Crippen molar-refractivity contribution < 1.29 is 9.59 Å². The fourth-order valence-corrected chi connectivity index (χ4v) is 3.23. The van der Waals surface area contributed by atoms with Crippen molar-refractivity contribution in [2.45, 2.75) is 38.6 Å². The van der Waals surface area contributed by atoms with Crippen molar-refractivity contribution in [2.24, 2.45) is 0 Å². The molecule has 138 valence electrons. The molecular weight excluding hydrogens is 330 g/mol. The number of hydrogen-bond acceptors (Lipinski definition) is 3. The molecule has 1 aliphatic rings. The maximum atomic E-state index is 12.4. The third-order valence-corrected chi connectivity index (χ3v) is 4.48. The molecule has 2 heterocycles. The number of likely N-dealkylation sites (tertiary alicyclic amines) is 1. The molecule has 1 aromatic heterocycles. The highest BCUT2D eigenvalue weighted by Gasteiger charge is 2.28. The Morgan fingerprint density at radius 1 is 1.27 bits per heavy atom. The monoisotopic (exact) mass is 355 g/mol. The Bertz CT molecular complexity index is 756. The minimum Gasteiger partial charge on any atom is -0.336 e. The second-order valence-electron chi connectivity index (χ2n) is 6.91. The SMILES string of the molecule is CC(C)NC(=O)N1CCCC(c2[nH]ncc2NC(=O)c2ccccc2)C1. The molecule has 0 aliphatic carbocycles. The molecule has 7 nitrogen and oxygen atoms in total. The number of H-pyrrole nitrogens is 1. The van der Waals surface area contributed by atoms with Crippen molar-refractivity contribution in [2.75, 3.05) is 18.4 Å². The molecule has 3 N–H and O–H groups in total. The summed E-state index contributed by atoms with van der Waals surface area (Å²) in [5, 5.41) is 13.0. The first-order valence-corrected chi connectivity index (χ1v) is 8.99. The van der Waals surface area contributed by atoms with Gasteiger partial charge in [0, 0.05) is 30.6 Å². The van der Waals surface area contributed by atoms with Crippen LogP contribution < -0.4 is 10.6 Å². The average Bonchev–Trinajstić information content (AvgIpc) is 3.10. The van der Waals surface area contributed by atoms with E-state index >= 15 is 0 Å². The zero-order chi connectivity index (χ0) is 18.5. The predicted octanol–water partition coefficient (Wildman–Crippen LogP) is 2.96. The number of carbonyl (C=O) groups excluding carboxylic acids is 2. The number of anilines is 1. The summed E-state index contributed by atoms with van der Waals surface area (Å²) in [6.07, 6.45) is 3.49. The van der Waals surface area contributed by atoms with Crippen molar-refractivity contribution in [3.8, 4) is 0 Å². The highest BCUT2D eigenvalue weighted by molar-refractivity contribution is 6.04. The van der Waals surface area contributed by atoms with Crippen LogP contribution in [0.15, 0.2) is 36.5 Å². The van der Waals surface area contributed by atoms with Crippen LogP contribution in [0.3, 0.4) is 0 Å². The normalized spacial score (nSPS) is 17.2. The Balaban J connectivity index is 1.69. The Labute approximate surface area is 153 Å². The van der Waals surface area contributed by atoms with Crippen LogP contribution in [0.1, 0.15) is 48.7 Å². The second-order valence-corrected chi connectivity index (χ2v) is 6.91. The van der Waals surface area contributed by atoms with Gasteiger partial charge < -0.3 is 15.5 Å². The van der Waals surface area contributed by atoms with Gasteiger partial charge in [-0.25, -0.2) is 4.79 Å². The van der Waals surface area contributed by atoms with Gasteiger partial charge in [-0.1, -0.05) is 18.2 Å². The summed E-state index contributed by atoms with van der Waals surface area (Å²) >= 11 is 0. The van der Waals surface area contributed by atoms with Crippen molar-refractivity contribution >= 4 is 17.6 Å². The van der Waals surface area contributed by atoms with Gasteiger partial charge in [0.05, 0.1) is 17.6 Å². The molecule has 0 saturated carbocycles. The molecule has 1 aromatic carbocycles. The van der Waals surface area contributed by atoms with Gasteiger partial charge in [0.2, 0.25) is 0 Å². The molecule has 26 heavy (non-hydrogen) atoms. The zero-order valence-electron chi connectivity index (χ0n) is 15.2. The summed E-state index contributed by atoms with van der Waals surface area (Å²) in [6.45, 7) is 5.25. The highest BCUT2D eigenvalue weighted by Crippen LogP contribution is 2.30. The number of benzene rings is 1. The predicted molar refractivity (Wildman–Crippen MR) is 100 cm³/mol. The molecular formula is C19H25N5O2. The molecule has 1 unspecified atom stereocenters. The van der Waals surface area contributed by atoms with Crippen LogP contribution in [-0.4, -0.2) is 46.2 Å². The summed E-state index contributed by atoms with van der Waals surface area (Å²) in [5.74, 6) is -0.0475. The number of carbonyl (C=O) groups is 2. The number of nitrogens with zero attached hydrogens (tertiary/aromatic N) is 2. The highest BCUT2D eigenvalue weighted by atomic mass is 16.2. The Morgan fingerprint density at radius 2 is 2.04 bits per heavy atom. The maximum Gasteiger partial charge on any atom is 0.317 e. The smallest absolute Gasteiger partial charge is 0.317 e. The maximum absolute atomic E-state index is 12.4. The van der Waals surface area contributed by atoms with E-state index in [0.717, 1.165) is 25.1 Å². The molecule has 3 amide bonds. The number of aromatic amines is 1. The van der Waals surface area contributed by atoms with Gasteiger partial charge in [-0.3, -0.25) is 9.89 Å². The first kappa shape index (κ1) is 18.0. The van der Waals surface area contributed by atoms with E-state index < -0.39 is 0 Å². The van der Waals surface area contributed by atoms with Gasteiger partial charge in [0.15, 0.2) is 0 Å². The van der Waals surface area contributed by atoms with E-state index in [9.17, 15) is 9.59 Å². The first-order chi connectivity index (χ1) is 12.5. The third kappa shape index (κ3) is 4.22. The molecule has 0 radical (unpaired) electrons. The fourth-order valence-electron chi connectivity index (χ4n) is 3.23. The standard InChI is InChI=1S/C19H25N5O2/c1-13(2)21-19(26)24-10-6-9-15(12-24)17-16(11-20-23-17)22-18(25)14-7-4-3-5-8-14/h3-5,7-8,11,13,15H,6,9-10,12H2,1-2H3,(H,20,23)(H,21,26)(H,22,25). The summed E-state index contributed by atoms with van der Waals surface area (Å²) in [4.78, 5) is 26.5. The summed E-state index contributed by atoms with van der Waals surface area (Å²) in [7, 11) is 0. The van der Waals surface area contributed by atoms with Crippen LogP contribution in [0, 0.1) is 0 Å². The van der Waals surface area contributed by atoms with E-state index in [1.165, 1.54) is 0 Å². The van der Waals surface area contributed by atoms with Gasteiger partial charge in [-0.15, -0.1) is 0 Å². The lowest BCUT2D eigenvalue weighted by Gasteiger charge is -2.33. The van der Waals surface area contributed by atoms with Gasteiger partial charge in [0.1, 0.15) is 0 Å². The molecule has 0 spiro atoms. The largest absolute Gasteiger partial charge is 0.336 e. The van der Waals surface area contributed by atoms with E-state index in [2.05, 4.69) is 20.8 Å². The van der Waals surface area contributed by atoms with E-state index in [1.54, 1.807) is 18.3 Å². The van der Waals surface area contributed by atoms with Crippen LogP contribution in [0.25, 0.3) is 0 Å². The topological polar surface area (TPSA) is 90.1 Å². The van der Waals surface area contributed by atoms with E-state index in [1.807, 2.05) is 36.9 Å². The van der Waals surface area contributed by atoms with E-state index in [-0.39, 0.29) is 23.9 Å². The number of urea groups is 1. The summed E-state index contributed by atoms with van der Waals surface area (Å²) in [6, 6.07) is 9.14. The first-order valence-electron chi connectivity index (χ1n) is 8.99. The van der Waals surface area contributed by atoms with Crippen LogP contribution in [0.4, 0.5) is 10.5 Å². The Morgan fingerprint density at radius 3 is 2.77 bits per heavy atom. The number of aromatic nitrogens is 2.